The Bertz CT molecular complexity index is 829. The Hall–Kier alpha value is -2.20. The number of nitrogens with zero attached hydrogens (tertiary/aromatic N) is 2. The molecule has 0 aliphatic heterocycles. The van der Waals surface area contributed by atoms with Crippen molar-refractivity contribution in [1.82, 2.24) is 9.29 Å². The average molecular weight is 363 g/mol. The largest absolute Gasteiger partial charge is 0.376 e. The molecule has 1 heterocycles. The van der Waals surface area contributed by atoms with Gasteiger partial charge in [0.1, 0.15) is 5.69 Å². The Morgan fingerprint density at radius 2 is 1.50 bits per heavy atom. The molecule has 0 aliphatic rings. The first-order chi connectivity index (χ1) is 11.1. The third-order valence-corrected chi connectivity index (χ3v) is 5.00. The van der Waals surface area contributed by atoms with Crippen LogP contribution in [0.25, 0.3) is 0 Å². The Morgan fingerprint density at radius 3 is 1.96 bits per heavy atom. The second kappa shape index (κ2) is 6.73. The smallest absolute Gasteiger partial charge is 0.253 e. The van der Waals surface area contributed by atoms with Crippen molar-refractivity contribution in [3.05, 3.63) is 53.4 Å². The minimum atomic E-state index is -3.60. The minimum absolute atomic E-state index is 0.0367. The van der Waals surface area contributed by atoms with E-state index in [1.54, 1.807) is 0 Å². The summed E-state index contributed by atoms with van der Waals surface area (Å²) in [5.74, 6) is -6.80. The van der Waals surface area contributed by atoms with Crippen LogP contribution in [-0.2, 0) is 16.6 Å². The molecule has 24 heavy (non-hydrogen) atoms. The zero-order valence-corrected chi connectivity index (χ0v) is 13.5. The molecule has 0 atom stereocenters. The van der Waals surface area contributed by atoms with Gasteiger partial charge in [0.15, 0.2) is 0 Å². The van der Waals surface area contributed by atoms with E-state index in [9.17, 15) is 26.0 Å². The van der Waals surface area contributed by atoms with Crippen LogP contribution in [0.1, 0.15) is 5.56 Å². The van der Waals surface area contributed by atoms with Crippen molar-refractivity contribution in [1.29, 1.82) is 0 Å². The molecule has 2 aromatic rings. The van der Waals surface area contributed by atoms with Crippen molar-refractivity contribution in [2.45, 2.75) is 11.4 Å². The van der Waals surface area contributed by atoms with Gasteiger partial charge in [-0.2, -0.15) is 22.5 Å². The summed E-state index contributed by atoms with van der Waals surface area (Å²) in [5, 5.41) is 2.23. The van der Waals surface area contributed by atoms with Crippen LogP contribution in [-0.4, -0.2) is 31.8 Å². The molecule has 130 valence electrons. The number of hydrogen-bond acceptors (Lipinski definition) is 4. The fourth-order valence-electron chi connectivity index (χ4n) is 1.82. The van der Waals surface area contributed by atoms with Crippen LogP contribution < -0.4 is 5.32 Å². The van der Waals surface area contributed by atoms with E-state index in [1.165, 1.54) is 38.4 Å². The van der Waals surface area contributed by atoms with Crippen molar-refractivity contribution in [2.75, 3.05) is 19.4 Å². The number of benzene rings is 1. The first-order valence-electron chi connectivity index (χ1n) is 6.60. The number of rotatable bonds is 5. The summed E-state index contributed by atoms with van der Waals surface area (Å²) >= 11 is 0. The van der Waals surface area contributed by atoms with Crippen molar-refractivity contribution < 1.29 is 26.0 Å². The van der Waals surface area contributed by atoms with Crippen molar-refractivity contribution in [2.24, 2.45) is 0 Å². The van der Waals surface area contributed by atoms with Gasteiger partial charge in [0.05, 0.1) is 4.90 Å². The van der Waals surface area contributed by atoms with E-state index in [1.807, 2.05) is 0 Å². The molecule has 1 aromatic carbocycles. The molecule has 0 fully saturated rings. The highest BCUT2D eigenvalue weighted by Crippen LogP contribution is 2.23. The van der Waals surface area contributed by atoms with Gasteiger partial charge in [-0.05, 0) is 17.7 Å². The fraction of sp³-hybridized carbons (Fsp3) is 0.214. The van der Waals surface area contributed by atoms with E-state index >= 15 is 0 Å². The number of hydrogen-bond donors (Lipinski definition) is 1. The zero-order valence-electron chi connectivity index (χ0n) is 12.6. The quantitative estimate of drug-likeness (QED) is 0.655. The summed E-state index contributed by atoms with van der Waals surface area (Å²) < 4.78 is 77.8. The van der Waals surface area contributed by atoms with Crippen molar-refractivity contribution >= 4 is 15.7 Å². The van der Waals surface area contributed by atoms with Crippen molar-refractivity contribution in [3.63, 3.8) is 0 Å². The predicted molar refractivity (Wildman–Crippen MR) is 78.7 cm³/mol. The number of nitrogens with one attached hydrogen (secondary N) is 1. The van der Waals surface area contributed by atoms with Crippen molar-refractivity contribution in [3.8, 4) is 0 Å². The van der Waals surface area contributed by atoms with E-state index in [0.717, 1.165) is 4.31 Å². The second-order valence-corrected chi connectivity index (χ2v) is 7.13. The standard InChI is InChI=1S/C14H13F4N3O2S/c1-21(2)24(22,23)9-5-3-8(4-6-9)7-19-12-10(15)13(17)20-14(18)11(12)16/h3-6H,7H2,1-2H3,(H,19,20). The monoisotopic (exact) mass is 363 g/mol. The molecule has 1 N–H and O–H groups in total. The Labute approximate surface area is 136 Å². The van der Waals surface area contributed by atoms with Crippen LogP contribution >= 0.6 is 0 Å². The first kappa shape index (κ1) is 18.1. The lowest BCUT2D eigenvalue weighted by Gasteiger charge is -2.12. The maximum absolute atomic E-state index is 13.5. The Balaban J connectivity index is 2.20. The first-order valence-corrected chi connectivity index (χ1v) is 8.04. The lowest BCUT2D eigenvalue weighted by Crippen LogP contribution is -2.22. The lowest BCUT2D eigenvalue weighted by atomic mass is 10.2. The molecule has 0 aliphatic carbocycles. The highest BCUT2D eigenvalue weighted by atomic mass is 32.2. The normalized spacial score (nSPS) is 11.8. The van der Waals surface area contributed by atoms with E-state index < -0.39 is 39.2 Å². The second-order valence-electron chi connectivity index (χ2n) is 4.98. The van der Waals surface area contributed by atoms with Crippen LogP contribution in [0.4, 0.5) is 23.2 Å². The summed E-state index contributed by atoms with van der Waals surface area (Å²) in [4.78, 5) is 2.49. The summed E-state index contributed by atoms with van der Waals surface area (Å²) in [6, 6.07) is 5.44. The summed E-state index contributed by atoms with van der Waals surface area (Å²) in [6.07, 6.45) is 0. The summed E-state index contributed by atoms with van der Waals surface area (Å²) in [7, 11) is -0.844. The molecule has 0 radical (unpaired) electrons. The zero-order chi connectivity index (χ0) is 18.1. The molecular weight excluding hydrogens is 350 g/mol. The molecule has 10 heteroatoms. The third kappa shape index (κ3) is 3.49. The SMILES string of the molecule is CN(C)S(=O)(=O)c1ccc(CNc2c(F)c(F)nc(F)c2F)cc1. The van der Waals surface area contributed by atoms with E-state index in [2.05, 4.69) is 10.3 Å². The van der Waals surface area contributed by atoms with Gasteiger partial charge in [-0.15, -0.1) is 0 Å². The van der Waals surface area contributed by atoms with Crippen LogP contribution in [0.2, 0.25) is 0 Å². The van der Waals surface area contributed by atoms with Gasteiger partial charge in [-0.25, -0.2) is 12.7 Å². The van der Waals surface area contributed by atoms with Crippen LogP contribution in [0.15, 0.2) is 29.2 Å². The molecule has 5 nitrogen and oxygen atoms in total. The minimum Gasteiger partial charge on any atom is -0.376 e. The van der Waals surface area contributed by atoms with Gasteiger partial charge in [0, 0.05) is 20.6 Å². The fourth-order valence-corrected chi connectivity index (χ4v) is 2.72. The van der Waals surface area contributed by atoms with Gasteiger partial charge >= 0.3 is 0 Å². The van der Waals surface area contributed by atoms with Crippen LogP contribution in [0.5, 0.6) is 0 Å². The number of sulfonamides is 1. The number of pyridine rings is 1. The molecule has 0 saturated carbocycles. The lowest BCUT2D eigenvalue weighted by molar-refractivity contribution is 0.410. The molecule has 0 bridgehead atoms. The molecule has 2 rings (SSSR count). The molecule has 0 amide bonds. The summed E-state index contributed by atoms with van der Waals surface area (Å²) in [5.41, 5.74) is -0.533. The van der Waals surface area contributed by atoms with E-state index in [0.29, 0.717) is 5.56 Å². The summed E-state index contributed by atoms with van der Waals surface area (Å²) in [6.45, 7) is -0.182. The topological polar surface area (TPSA) is 62.3 Å². The number of aromatic nitrogens is 1. The average Bonchev–Trinajstić information content (AvgIpc) is 2.53. The number of anilines is 1. The van der Waals surface area contributed by atoms with Gasteiger partial charge < -0.3 is 5.32 Å². The van der Waals surface area contributed by atoms with E-state index in [-0.39, 0.29) is 11.4 Å². The van der Waals surface area contributed by atoms with E-state index in [4.69, 9.17) is 0 Å². The maximum atomic E-state index is 13.5. The van der Waals surface area contributed by atoms with Crippen LogP contribution in [0.3, 0.4) is 0 Å². The maximum Gasteiger partial charge on any atom is 0.253 e. The van der Waals surface area contributed by atoms with Gasteiger partial charge in [-0.3, -0.25) is 0 Å². The molecule has 1 aromatic heterocycles. The Kier molecular flexibility index (Phi) is 5.09. The van der Waals surface area contributed by atoms with Gasteiger partial charge in [-0.1, -0.05) is 12.1 Å². The molecule has 0 unspecified atom stereocenters. The van der Waals surface area contributed by atoms with Crippen LogP contribution in [0, 0.1) is 23.5 Å². The molecule has 0 spiro atoms. The molecular formula is C14H13F4N3O2S. The highest BCUT2D eigenvalue weighted by molar-refractivity contribution is 7.89. The third-order valence-electron chi connectivity index (χ3n) is 3.17. The highest BCUT2D eigenvalue weighted by Gasteiger charge is 2.21. The Morgan fingerprint density at radius 1 is 1.00 bits per heavy atom. The number of halogens is 4. The van der Waals surface area contributed by atoms with Gasteiger partial charge in [0.25, 0.3) is 11.9 Å². The predicted octanol–water partition coefficient (Wildman–Crippen LogP) is 2.50. The molecule has 0 saturated heterocycles. The van der Waals surface area contributed by atoms with Gasteiger partial charge in [0.2, 0.25) is 21.7 Å².